The number of rotatable bonds is 4. The van der Waals surface area contributed by atoms with Crippen LogP contribution in [0.4, 0.5) is 0 Å². The number of benzene rings is 1. The van der Waals surface area contributed by atoms with E-state index in [1.165, 1.54) is 5.56 Å². The van der Waals surface area contributed by atoms with Gasteiger partial charge in [0.2, 0.25) is 0 Å². The minimum atomic E-state index is -0.174. The van der Waals surface area contributed by atoms with Crippen LogP contribution < -0.4 is 5.73 Å². The van der Waals surface area contributed by atoms with Gasteiger partial charge in [0.05, 0.1) is 13.2 Å². The van der Waals surface area contributed by atoms with Crippen LogP contribution in [0, 0.1) is 0 Å². The van der Waals surface area contributed by atoms with E-state index in [1.54, 1.807) is 0 Å². The molecule has 0 unspecified atom stereocenters. The Morgan fingerprint density at radius 2 is 2.17 bits per heavy atom. The number of hydrogen-bond donors (Lipinski definition) is 1. The topological polar surface area (TPSA) is 55.6 Å². The highest BCUT2D eigenvalue weighted by Gasteiger charge is 2.32. The van der Waals surface area contributed by atoms with Crippen molar-refractivity contribution in [3.63, 3.8) is 0 Å². The van der Waals surface area contributed by atoms with Gasteiger partial charge >= 0.3 is 5.97 Å². The van der Waals surface area contributed by atoms with Gasteiger partial charge in [-0.1, -0.05) is 30.3 Å². The Kier molecular flexibility index (Phi) is 4.33. The summed E-state index contributed by atoms with van der Waals surface area (Å²) in [6, 6.07) is 10.6. The lowest BCUT2D eigenvalue weighted by Gasteiger charge is -2.23. The summed E-state index contributed by atoms with van der Waals surface area (Å²) < 4.78 is 5.00. The molecule has 2 N–H and O–H groups in total. The summed E-state index contributed by atoms with van der Waals surface area (Å²) in [5.74, 6) is -0.174. The zero-order valence-electron chi connectivity index (χ0n) is 10.7. The molecule has 1 aromatic carbocycles. The van der Waals surface area contributed by atoms with E-state index in [9.17, 15) is 4.79 Å². The highest BCUT2D eigenvalue weighted by molar-refractivity contribution is 5.71. The van der Waals surface area contributed by atoms with E-state index < -0.39 is 0 Å². The Morgan fingerprint density at radius 3 is 2.83 bits per heavy atom. The fourth-order valence-electron chi connectivity index (χ4n) is 2.51. The Balaban J connectivity index is 2.06. The maximum Gasteiger partial charge on any atom is 0.320 e. The molecule has 1 saturated heterocycles. The summed E-state index contributed by atoms with van der Waals surface area (Å²) >= 11 is 0. The summed E-state index contributed by atoms with van der Waals surface area (Å²) in [5, 5.41) is 0. The largest absolute Gasteiger partial charge is 0.465 e. The number of esters is 1. The van der Waals surface area contributed by atoms with Gasteiger partial charge in [-0.15, -0.1) is 0 Å². The zero-order chi connectivity index (χ0) is 13.0. The fraction of sp³-hybridized carbons (Fsp3) is 0.500. The van der Waals surface area contributed by atoms with Crippen LogP contribution in [0.3, 0.4) is 0 Å². The highest BCUT2D eigenvalue weighted by Crippen LogP contribution is 2.30. The second-order valence-electron chi connectivity index (χ2n) is 4.66. The van der Waals surface area contributed by atoms with Crippen LogP contribution >= 0.6 is 0 Å². The summed E-state index contributed by atoms with van der Waals surface area (Å²) in [6.45, 7) is 3.32. The zero-order valence-corrected chi connectivity index (χ0v) is 10.7. The standard InChI is InChI=1S/C14H20N2O2/c1-2-18-14(17)10-16-9-12(15)8-13(16)11-6-4-3-5-7-11/h3-7,12-13H,2,8-10,15H2,1H3/t12-,13+/m0/s1. The van der Waals surface area contributed by atoms with Gasteiger partial charge in [0.25, 0.3) is 0 Å². The van der Waals surface area contributed by atoms with Gasteiger partial charge < -0.3 is 10.5 Å². The quantitative estimate of drug-likeness (QED) is 0.817. The first kappa shape index (κ1) is 13.1. The predicted octanol–water partition coefficient (Wildman–Crippen LogP) is 1.32. The molecule has 1 fully saturated rings. The van der Waals surface area contributed by atoms with Crippen LogP contribution in [0.2, 0.25) is 0 Å². The van der Waals surface area contributed by atoms with Gasteiger partial charge in [-0.2, -0.15) is 0 Å². The van der Waals surface area contributed by atoms with Crippen LogP contribution in [-0.4, -0.2) is 36.6 Å². The Hall–Kier alpha value is -1.39. The third-order valence-electron chi connectivity index (χ3n) is 3.26. The molecule has 0 amide bonds. The van der Waals surface area contributed by atoms with E-state index in [0.717, 1.165) is 13.0 Å². The van der Waals surface area contributed by atoms with E-state index in [1.807, 2.05) is 25.1 Å². The maximum absolute atomic E-state index is 11.6. The molecular formula is C14H20N2O2. The molecular weight excluding hydrogens is 228 g/mol. The molecule has 0 spiro atoms. The predicted molar refractivity (Wildman–Crippen MR) is 70.0 cm³/mol. The molecule has 0 aliphatic carbocycles. The van der Waals surface area contributed by atoms with Crippen molar-refractivity contribution in [2.24, 2.45) is 5.73 Å². The Bertz CT molecular complexity index is 394. The van der Waals surface area contributed by atoms with Crippen molar-refractivity contribution in [3.05, 3.63) is 35.9 Å². The molecule has 4 heteroatoms. The molecule has 1 aliphatic rings. The maximum atomic E-state index is 11.6. The summed E-state index contributed by atoms with van der Waals surface area (Å²) in [6.07, 6.45) is 0.892. The molecule has 18 heavy (non-hydrogen) atoms. The number of likely N-dealkylation sites (tertiary alicyclic amines) is 1. The number of nitrogens with two attached hydrogens (primary N) is 1. The first-order valence-corrected chi connectivity index (χ1v) is 6.41. The van der Waals surface area contributed by atoms with Gasteiger partial charge in [0.15, 0.2) is 0 Å². The number of carbonyl (C=O) groups is 1. The van der Waals surface area contributed by atoms with Crippen molar-refractivity contribution in [1.29, 1.82) is 0 Å². The summed E-state index contributed by atoms with van der Waals surface area (Å²) in [7, 11) is 0. The van der Waals surface area contributed by atoms with Crippen LogP contribution in [0.1, 0.15) is 24.9 Å². The molecule has 98 valence electrons. The number of ether oxygens (including phenoxy) is 1. The van der Waals surface area contributed by atoms with E-state index >= 15 is 0 Å². The van der Waals surface area contributed by atoms with Gasteiger partial charge in [0, 0.05) is 18.6 Å². The molecule has 2 rings (SSSR count). The molecule has 4 nitrogen and oxygen atoms in total. The van der Waals surface area contributed by atoms with E-state index in [4.69, 9.17) is 10.5 Å². The van der Waals surface area contributed by atoms with Crippen LogP contribution in [-0.2, 0) is 9.53 Å². The van der Waals surface area contributed by atoms with E-state index in [0.29, 0.717) is 13.2 Å². The average Bonchev–Trinajstić information content (AvgIpc) is 2.71. The normalized spacial score (nSPS) is 24.1. The summed E-state index contributed by atoms with van der Waals surface area (Å²) in [5.41, 5.74) is 7.23. The van der Waals surface area contributed by atoms with Crippen molar-refractivity contribution >= 4 is 5.97 Å². The van der Waals surface area contributed by atoms with Gasteiger partial charge in [0.1, 0.15) is 0 Å². The van der Waals surface area contributed by atoms with Crippen molar-refractivity contribution in [1.82, 2.24) is 4.90 Å². The molecule has 0 aromatic heterocycles. The third kappa shape index (κ3) is 3.09. The average molecular weight is 248 g/mol. The lowest BCUT2D eigenvalue weighted by Crippen LogP contribution is -2.33. The Morgan fingerprint density at radius 1 is 1.44 bits per heavy atom. The first-order valence-electron chi connectivity index (χ1n) is 6.41. The fourth-order valence-corrected chi connectivity index (χ4v) is 2.51. The number of nitrogens with zero attached hydrogens (tertiary/aromatic N) is 1. The minimum absolute atomic E-state index is 0.129. The number of hydrogen-bond acceptors (Lipinski definition) is 4. The molecule has 2 atom stereocenters. The van der Waals surface area contributed by atoms with E-state index in [2.05, 4.69) is 17.0 Å². The molecule has 1 heterocycles. The van der Waals surface area contributed by atoms with E-state index in [-0.39, 0.29) is 18.1 Å². The van der Waals surface area contributed by atoms with Gasteiger partial charge in [-0.25, -0.2) is 0 Å². The van der Waals surface area contributed by atoms with Crippen molar-refractivity contribution in [2.75, 3.05) is 19.7 Å². The molecule has 0 saturated carbocycles. The highest BCUT2D eigenvalue weighted by atomic mass is 16.5. The van der Waals surface area contributed by atoms with Crippen molar-refractivity contribution in [3.8, 4) is 0 Å². The second-order valence-corrected chi connectivity index (χ2v) is 4.66. The molecule has 0 radical (unpaired) electrons. The van der Waals surface area contributed by atoms with Gasteiger partial charge in [-0.3, -0.25) is 9.69 Å². The van der Waals surface area contributed by atoms with Crippen LogP contribution in [0.15, 0.2) is 30.3 Å². The Labute approximate surface area is 108 Å². The van der Waals surface area contributed by atoms with Crippen LogP contribution in [0.25, 0.3) is 0 Å². The summed E-state index contributed by atoms with van der Waals surface area (Å²) in [4.78, 5) is 13.7. The van der Waals surface area contributed by atoms with Crippen LogP contribution in [0.5, 0.6) is 0 Å². The molecule has 1 aliphatic heterocycles. The monoisotopic (exact) mass is 248 g/mol. The molecule has 0 bridgehead atoms. The first-order chi connectivity index (χ1) is 8.70. The number of carbonyl (C=O) groups excluding carboxylic acids is 1. The smallest absolute Gasteiger partial charge is 0.320 e. The third-order valence-corrected chi connectivity index (χ3v) is 3.26. The van der Waals surface area contributed by atoms with Gasteiger partial charge in [-0.05, 0) is 18.9 Å². The van der Waals surface area contributed by atoms with Crippen molar-refractivity contribution in [2.45, 2.75) is 25.4 Å². The SMILES string of the molecule is CCOC(=O)CN1C[C@@H](N)C[C@@H]1c1ccccc1. The lowest BCUT2D eigenvalue weighted by atomic mass is 10.0. The molecule has 1 aromatic rings. The van der Waals surface area contributed by atoms with Crippen molar-refractivity contribution < 1.29 is 9.53 Å². The minimum Gasteiger partial charge on any atom is -0.465 e. The lowest BCUT2D eigenvalue weighted by molar-refractivity contribution is -0.144. The second kappa shape index (κ2) is 5.98.